The number of hydrogen-bond acceptors (Lipinski definition) is 3. The molecule has 0 aliphatic rings. The Hall–Kier alpha value is -4.12. The van der Waals surface area contributed by atoms with Gasteiger partial charge in [0, 0.05) is 6.42 Å². The van der Waals surface area contributed by atoms with Gasteiger partial charge >= 0.3 is 5.97 Å². The van der Waals surface area contributed by atoms with Gasteiger partial charge in [0.1, 0.15) is 11.5 Å². The molecule has 1 amide bonds. The molecule has 0 aliphatic carbocycles. The number of rotatable bonds is 7. The van der Waals surface area contributed by atoms with Crippen molar-refractivity contribution in [1.29, 1.82) is 0 Å². The van der Waals surface area contributed by atoms with Crippen LogP contribution in [0.5, 0.6) is 11.5 Å². The highest BCUT2D eigenvalue weighted by Gasteiger charge is 2.11. The lowest BCUT2D eigenvalue weighted by atomic mass is 10.1. The number of ether oxygens (including phenoxy) is 1. The molecule has 5 heteroatoms. The first-order valence-corrected chi connectivity index (χ1v) is 9.96. The van der Waals surface area contributed by atoms with E-state index in [1.165, 1.54) is 6.07 Å². The molecule has 2 N–H and O–H groups in total. The maximum absolute atomic E-state index is 12.2. The van der Waals surface area contributed by atoms with Crippen LogP contribution in [0.1, 0.15) is 22.3 Å². The van der Waals surface area contributed by atoms with Gasteiger partial charge in [-0.3, -0.25) is 4.79 Å². The van der Waals surface area contributed by atoms with E-state index in [1.807, 2.05) is 60.7 Å². The van der Waals surface area contributed by atoms with Crippen molar-refractivity contribution in [2.24, 2.45) is 0 Å². The molecule has 0 aromatic heterocycles. The summed E-state index contributed by atoms with van der Waals surface area (Å²) in [7, 11) is 0. The number of carboxylic acid groups (broad SMARTS) is 1. The minimum Gasteiger partial charge on any atom is -0.478 e. The summed E-state index contributed by atoms with van der Waals surface area (Å²) in [6.07, 6.45) is 0.788. The number of para-hydroxylation sites is 1. The molecule has 0 radical (unpaired) electrons. The summed E-state index contributed by atoms with van der Waals surface area (Å²) in [5.41, 5.74) is 1.37. The van der Waals surface area contributed by atoms with Gasteiger partial charge in [-0.25, -0.2) is 4.79 Å². The number of benzene rings is 4. The minimum atomic E-state index is -1.07. The molecule has 5 nitrogen and oxygen atoms in total. The number of carboxylic acids is 1. The molecule has 154 valence electrons. The highest BCUT2D eigenvalue weighted by Crippen LogP contribution is 2.26. The first kappa shape index (κ1) is 20.2. The van der Waals surface area contributed by atoms with E-state index in [-0.39, 0.29) is 17.9 Å². The Morgan fingerprint density at radius 3 is 2.23 bits per heavy atom. The molecule has 31 heavy (non-hydrogen) atoms. The topological polar surface area (TPSA) is 75.6 Å². The van der Waals surface area contributed by atoms with Crippen LogP contribution in [0.2, 0.25) is 0 Å². The van der Waals surface area contributed by atoms with Crippen molar-refractivity contribution < 1.29 is 19.4 Å². The molecular weight excluding hydrogens is 390 g/mol. The molecular formula is C26H21NO4. The van der Waals surface area contributed by atoms with E-state index in [9.17, 15) is 14.7 Å². The summed E-state index contributed by atoms with van der Waals surface area (Å²) in [5, 5.41) is 14.2. The molecule has 0 atom stereocenters. The van der Waals surface area contributed by atoms with Crippen molar-refractivity contribution in [1.82, 2.24) is 0 Å². The zero-order chi connectivity index (χ0) is 21.6. The Balaban J connectivity index is 1.34. The van der Waals surface area contributed by atoms with Gasteiger partial charge in [-0.05, 0) is 59.2 Å². The van der Waals surface area contributed by atoms with Gasteiger partial charge < -0.3 is 15.2 Å². The molecule has 0 bridgehead atoms. The fourth-order valence-electron chi connectivity index (χ4n) is 3.34. The number of aryl methyl sites for hydroxylation is 1. The van der Waals surface area contributed by atoms with Crippen molar-refractivity contribution in [3.8, 4) is 11.5 Å². The van der Waals surface area contributed by atoms with Crippen molar-refractivity contribution in [2.45, 2.75) is 12.8 Å². The predicted molar refractivity (Wildman–Crippen MR) is 121 cm³/mol. The molecule has 0 heterocycles. The lowest BCUT2D eigenvalue weighted by Gasteiger charge is -2.09. The van der Waals surface area contributed by atoms with Gasteiger partial charge in [-0.1, -0.05) is 54.6 Å². The molecule has 4 aromatic carbocycles. The molecule has 0 fully saturated rings. The lowest BCUT2D eigenvalue weighted by Crippen LogP contribution is -2.15. The summed E-state index contributed by atoms with van der Waals surface area (Å²) < 4.78 is 5.95. The van der Waals surface area contributed by atoms with Crippen LogP contribution in [0.4, 0.5) is 5.69 Å². The SMILES string of the molecule is O=C(CCc1ccc(Oc2ccc3ccccc3c2)cc1)Nc1ccccc1C(=O)O. The van der Waals surface area contributed by atoms with Crippen molar-refractivity contribution >= 4 is 28.3 Å². The Bertz CT molecular complexity index is 1230. The second-order valence-corrected chi connectivity index (χ2v) is 7.15. The van der Waals surface area contributed by atoms with E-state index in [0.717, 1.165) is 27.8 Å². The highest BCUT2D eigenvalue weighted by atomic mass is 16.5. The zero-order valence-corrected chi connectivity index (χ0v) is 16.7. The third kappa shape index (κ3) is 5.08. The van der Waals surface area contributed by atoms with Crippen LogP contribution >= 0.6 is 0 Å². The van der Waals surface area contributed by atoms with E-state index < -0.39 is 5.97 Å². The van der Waals surface area contributed by atoms with Crippen LogP contribution in [0.3, 0.4) is 0 Å². The Kier molecular flexibility index (Phi) is 5.94. The van der Waals surface area contributed by atoms with Gasteiger partial charge in [-0.15, -0.1) is 0 Å². The Morgan fingerprint density at radius 2 is 1.45 bits per heavy atom. The standard InChI is InChI=1S/C26H21NO4/c28-25(27-24-8-4-3-7-23(24)26(29)30)16-11-18-9-13-21(14-10-18)31-22-15-12-19-5-1-2-6-20(19)17-22/h1-10,12-15,17H,11,16H2,(H,27,28)(H,29,30). The van der Waals surface area contributed by atoms with Crippen LogP contribution in [0.25, 0.3) is 10.8 Å². The van der Waals surface area contributed by atoms with Gasteiger partial charge in [0.2, 0.25) is 5.91 Å². The summed E-state index contributed by atoms with van der Waals surface area (Å²) >= 11 is 0. The number of fused-ring (bicyclic) bond motifs is 1. The summed E-state index contributed by atoms with van der Waals surface area (Å²) in [6, 6.07) is 28.1. The second kappa shape index (κ2) is 9.13. The average molecular weight is 411 g/mol. The molecule has 0 saturated heterocycles. The van der Waals surface area contributed by atoms with Crippen LogP contribution in [0, 0.1) is 0 Å². The summed E-state index contributed by atoms with van der Waals surface area (Å²) in [5.74, 6) is 0.185. The Labute approximate surface area is 179 Å². The molecule has 0 aliphatic heterocycles. The summed E-state index contributed by atoms with van der Waals surface area (Å²) in [4.78, 5) is 23.5. The fourth-order valence-corrected chi connectivity index (χ4v) is 3.34. The van der Waals surface area contributed by atoms with Crippen LogP contribution in [-0.2, 0) is 11.2 Å². The normalized spacial score (nSPS) is 10.6. The Morgan fingerprint density at radius 1 is 0.774 bits per heavy atom. The molecule has 4 rings (SSSR count). The first-order chi connectivity index (χ1) is 15.1. The third-order valence-corrected chi connectivity index (χ3v) is 4.95. The number of amides is 1. The number of carbonyl (C=O) groups excluding carboxylic acids is 1. The zero-order valence-electron chi connectivity index (χ0n) is 16.7. The maximum Gasteiger partial charge on any atom is 0.337 e. The average Bonchev–Trinajstić information content (AvgIpc) is 2.79. The van der Waals surface area contributed by atoms with E-state index >= 15 is 0 Å². The highest BCUT2D eigenvalue weighted by molar-refractivity contribution is 6.00. The minimum absolute atomic E-state index is 0.0750. The third-order valence-electron chi connectivity index (χ3n) is 4.95. The number of hydrogen-bond donors (Lipinski definition) is 2. The molecule has 0 saturated carbocycles. The smallest absolute Gasteiger partial charge is 0.337 e. The molecule has 0 spiro atoms. The molecule has 4 aromatic rings. The van der Waals surface area contributed by atoms with E-state index in [0.29, 0.717) is 12.1 Å². The fraction of sp³-hybridized carbons (Fsp3) is 0.0769. The number of carbonyl (C=O) groups is 2. The second-order valence-electron chi connectivity index (χ2n) is 7.15. The van der Waals surface area contributed by atoms with Gasteiger partial charge in [0.15, 0.2) is 0 Å². The number of anilines is 1. The van der Waals surface area contributed by atoms with Gasteiger partial charge in [0.25, 0.3) is 0 Å². The first-order valence-electron chi connectivity index (χ1n) is 9.96. The maximum atomic E-state index is 12.2. The number of aromatic carboxylic acids is 1. The van der Waals surface area contributed by atoms with Crippen molar-refractivity contribution in [2.75, 3.05) is 5.32 Å². The predicted octanol–water partition coefficient (Wildman–Crippen LogP) is 5.90. The van der Waals surface area contributed by atoms with E-state index in [4.69, 9.17) is 4.74 Å². The van der Waals surface area contributed by atoms with Crippen LogP contribution in [-0.4, -0.2) is 17.0 Å². The molecule has 0 unspecified atom stereocenters. The van der Waals surface area contributed by atoms with Crippen LogP contribution < -0.4 is 10.1 Å². The van der Waals surface area contributed by atoms with E-state index in [1.54, 1.807) is 18.2 Å². The quantitative estimate of drug-likeness (QED) is 0.397. The number of nitrogens with one attached hydrogen (secondary N) is 1. The lowest BCUT2D eigenvalue weighted by molar-refractivity contribution is -0.116. The van der Waals surface area contributed by atoms with E-state index in [2.05, 4.69) is 11.4 Å². The monoisotopic (exact) mass is 411 g/mol. The van der Waals surface area contributed by atoms with Crippen LogP contribution in [0.15, 0.2) is 91.0 Å². The van der Waals surface area contributed by atoms with Crippen molar-refractivity contribution in [3.63, 3.8) is 0 Å². The van der Waals surface area contributed by atoms with Crippen molar-refractivity contribution in [3.05, 3.63) is 102 Å². The summed E-state index contributed by atoms with van der Waals surface area (Å²) in [6.45, 7) is 0. The largest absolute Gasteiger partial charge is 0.478 e. The van der Waals surface area contributed by atoms with Gasteiger partial charge in [-0.2, -0.15) is 0 Å². The van der Waals surface area contributed by atoms with Gasteiger partial charge in [0.05, 0.1) is 11.3 Å².